The average Bonchev–Trinajstić information content (AvgIpc) is 3.11. The molecule has 1 aliphatic rings. The highest BCUT2D eigenvalue weighted by Gasteiger charge is 2.25. The lowest BCUT2D eigenvalue weighted by molar-refractivity contribution is 0.0927. The number of hydrogen-bond acceptors (Lipinski definition) is 4. The third kappa shape index (κ3) is 4.63. The molecule has 0 aliphatic carbocycles. The van der Waals surface area contributed by atoms with Crippen LogP contribution in [0.4, 0.5) is 0 Å². The number of amides is 1. The summed E-state index contributed by atoms with van der Waals surface area (Å²) < 4.78 is 10.7. The van der Waals surface area contributed by atoms with Crippen molar-refractivity contribution in [3.63, 3.8) is 0 Å². The van der Waals surface area contributed by atoms with Crippen LogP contribution in [0.25, 0.3) is 0 Å². The van der Waals surface area contributed by atoms with Gasteiger partial charge in [-0.1, -0.05) is 19.9 Å². The molecule has 1 N–H and O–H groups in total. The highest BCUT2D eigenvalue weighted by Crippen LogP contribution is 2.28. The Labute approximate surface area is 145 Å². The van der Waals surface area contributed by atoms with Gasteiger partial charge in [0.15, 0.2) is 0 Å². The molecular formula is C19H30N2O3. The molecule has 0 saturated carbocycles. The first kappa shape index (κ1) is 18.6. The van der Waals surface area contributed by atoms with E-state index in [0.29, 0.717) is 35.6 Å². The topological polar surface area (TPSA) is 50.8 Å². The van der Waals surface area contributed by atoms with Crippen molar-refractivity contribution in [3.8, 4) is 11.5 Å². The number of benzene rings is 1. The molecule has 24 heavy (non-hydrogen) atoms. The zero-order valence-corrected chi connectivity index (χ0v) is 15.3. The Bertz CT molecular complexity index is 517. The number of nitrogens with one attached hydrogen (secondary N) is 1. The molecule has 1 aliphatic heterocycles. The van der Waals surface area contributed by atoms with Crippen LogP contribution in [0.2, 0.25) is 0 Å². The van der Waals surface area contributed by atoms with Crippen LogP contribution in [0.5, 0.6) is 11.5 Å². The molecule has 1 atom stereocenters. The number of hydrogen-bond donors (Lipinski definition) is 1. The smallest absolute Gasteiger partial charge is 0.258 e. The summed E-state index contributed by atoms with van der Waals surface area (Å²) in [5.41, 5.74) is 0.465. The van der Waals surface area contributed by atoms with Crippen molar-refractivity contribution >= 4 is 5.91 Å². The molecule has 1 heterocycles. The van der Waals surface area contributed by atoms with E-state index in [1.54, 1.807) is 26.4 Å². The SMILES string of the molecule is COc1cccc(OC)c1C(=O)NCC(CC(C)C)N1CCCC1. The highest BCUT2D eigenvalue weighted by atomic mass is 16.5. The monoisotopic (exact) mass is 334 g/mol. The zero-order valence-electron chi connectivity index (χ0n) is 15.3. The molecule has 1 aromatic rings. The van der Waals surface area contributed by atoms with Crippen LogP contribution < -0.4 is 14.8 Å². The van der Waals surface area contributed by atoms with Crippen LogP contribution in [0.1, 0.15) is 43.5 Å². The van der Waals surface area contributed by atoms with Crippen LogP contribution in [0.15, 0.2) is 18.2 Å². The van der Waals surface area contributed by atoms with Crippen molar-refractivity contribution in [2.75, 3.05) is 33.9 Å². The van der Waals surface area contributed by atoms with Crippen molar-refractivity contribution in [2.24, 2.45) is 5.92 Å². The summed E-state index contributed by atoms with van der Waals surface area (Å²) >= 11 is 0. The number of likely N-dealkylation sites (tertiary alicyclic amines) is 1. The minimum atomic E-state index is -0.141. The van der Waals surface area contributed by atoms with Crippen molar-refractivity contribution < 1.29 is 14.3 Å². The van der Waals surface area contributed by atoms with E-state index in [2.05, 4.69) is 24.1 Å². The normalized spacial score (nSPS) is 16.2. The summed E-state index contributed by atoms with van der Waals surface area (Å²) in [6, 6.07) is 5.77. The highest BCUT2D eigenvalue weighted by molar-refractivity contribution is 5.99. The van der Waals surface area contributed by atoms with Gasteiger partial charge in [-0.2, -0.15) is 0 Å². The van der Waals surface area contributed by atoms with E-state index in [0.717, 1.165) is 19.5 Å². The van der Waals surface area contributed by atoms with Gasteiger partial charge in [-0.05, 0) is 50.4 Å². The maximum Gasteiger partial charge on any atom is 0.258 e. The Morgan fingerprint density at radius 3 is 2.25 bits per heavy atom. The van der Waals surface area contributed by atoms with E-state index in [1.807, 2.05) is 6.07 Å². The van der Waals surface area contributed by atoms with Crippen LogP contribution in [-0.2, 0) is 0 Å². The third-order valence-electron chi connectivity index (χ3n) is 4.55. The Morgan fingerprint density at radius 1 is 1.17 bits per heavy atom. The first-order valence-electron chi connectivity index (χ1n) is 8.80. The Hall–Kier alpha value is -1.75. The first-order chi connectivity index (χ1) is 11.6. The molecule has 1 amide bonds. The van der Waals surface area contributed by atoms with Crippen LogP contribution in [0.3, 0.4) is 0 Å². The summed E-state index contributed by atoms with van der Waals surface area (Å²) in [7, 11) is 3.13. The van der Waals surface area contributed by atoms with Crippen molar-refractivity contribution in [1.82, 2.24) is 10.2 Å². The molecule has 1 fully saturated rings. The average molecular weight is 334 g/mol. The van der Waals surface area contributed by atoms with Gasteiger partial charge in [0, 0.05) is 12.6 Å². The van der Waals surface area contributed by atoms with Gasteiger partial charge in [-0.3, -0.25) is 9.69 Å². The van der Waals surface area contributed by atoms with Crippen molar-refractivity contribution in [3.05, 3.63) is 23.8 Å². The van der Waals surface area contributed by atoms with E-state index in [4.69, 9.17) is 9.47 Å². The zero-order chi connectivity index (χ0) is 17.5. The van der Waals surface area contributed by atoms with Crippen LogP contribution >= 0.6 is 0 Å². The van der Waals surface area contributed by atoms with Crippen molar-refractivity contribution in [1.29, 1.82) is 0 Å². The fourth-order valence-electron chi connectivity index (χ4n) is 3.39. The molecule has 0 aromatic heterocycles. The molecule has 1 saturated heterocycles. The molecular weight excluding hydrogens is 304 g/mol. The number of ether oxygens (including phenoxy) is 2. The standard InChI is InChI=1S/C19H30N2O3/c1-14(2)12-15(21-10-5-6-11-21)13-20-19(22)18-16(23-3)8-7-9-17(18)24-4/h7-9,14-15H,5-6,10-13H2,1-4H3,(H,20,22). The predicted molar refractivity (Wildman–Crippen MR) is 95.9 cm³/mol. The minimum Gasteiger partial charge on any atom is -0.496 e. The number of carbonyl (C=O) groups excluding carboxylic acids is 1. The fourth-order valence-corrected chi connectivity index (χ4v) is 3.39. The Balaban J connectivity index is 2.07. The molecule has 0 radical (unpaired) electrons. The van der Waals surface area contributed by atoms with Gasteiger partial charge in [-0.25, -0.2) is 0 Å². The molecule has 2 rings (SSSR count). The van der Waals surface area contributed by atoms with Gasteiger partial charge in [0.05, 0.1) is 14.2 Å². The lowest BCUT2D eigenvalue weighted by atomic mass is 10.0. The third-order valence-corrected chi connectivity index (χ3v) is 4.55. The molecule has 1 unspecified atom stereocenters. The van der Waals surface area contributed by atoms with E-state index in [1.165, 1.54) is 12.8 Å². The maximum absolute atomic E-state index is 12.7. The summed E-state index contributed by atoms with van der Waals surface area (Å²) in [4.78, 5) is 15.2. The fraction of sp³-hybridized carbons (Fsp3) is 0.632. The van der Waals surface area contributed by atoms with Gasteiger partial charge >= 0.3 is 0 Å². The summed E-state index contributed by atoms with van der Waals surface area (Å²) in [5.74, 6) is 1.53. The Morgan fingerprint density at radius 2 is 1.75 bits per heavy atom. The van der Waals surface area contributed by atoms with Gasteiger partial charge in [0.1, 0.15) is 17.1 Å². The summed E-state index contributed by atoms with van der Waals surface area (Å²) in [5, 5.41) is 3.09. The van der Waals surface area contributed by atoms with Crippen LogP contribution in [-0.4, -0.2) is 50.7 Å². The Kier molecular flexibility index (Phi) is 6.91. The van der Waals surface area contributed by atoms with E-state index < -0.39 is 0 Å². The largest absolute Gasteiger partial charge is 0.496 e. The summed E-state index contributed by atoms with van der Waals surface area (Å²) in [6.07, 6.45) is 3.59. The first-order valence-corrected chi connectivity index (χ1v) is 8.80. The van der Waals surface area contributed by atoms with Gasteiger partial charge in [-0.15, -0.1) is 0 Å². The second-order valence-corrected chi connectivity index (χ2v) is 6.77. The molecule has 5 heteroatoms. The molecule has 1 aromatic carbocycles. The lowest BCUT2D eigenvalue weighted by Gasteiger charge is -2.29. The molecule has 0 spiro atoms. The quantitative estimate of drug-likeness (QED) is 0.794. The van der Waals surface area contributed by atoms with E-state index >= 15 is 0 Å². The van der Waals surface area contributed by atoms with Crippen LogP contribution in [0, 0.1) is 5.92 Å². The van der Waals surface area contributed by atoms with Gasteiger partial charge in [0.2, 0.25) is 0 Å². The number of rotatable bonds is 8. The molecule has 5 nitrogen and oxygen atoms in total. The molecule has 0 bridgehead atoms. The van der Waals surface area contributed by atoms with E-state index in [-0.39, 0.29) is 5.91 Å². The lowest BCUT2D eigenvalue weighted by Crippen LogP contribution is -2.43. The van der Waals surface area contributed by atoms with Gasteiger partial charge in [0.25, 0.3) is 5.91 Å². The number of carbonyl (C=O) groups is 1. The maximum atomic E-state index is 12.7. The van der Waals surface area contributed by atoms with Crippen molar-refractivity contribution in [2.45, 2.75) is 39.2 Å². The second-order valence-electron chi connectivity index (χ2n) is 6.77. The summed E-state index contributed by atoms with van der Waals surface area (Å²) in [6.45, 7) is 7.37. The minimum absolute atomic E-state index is 0.141. The predicted octanol–water partition coefficient (Wildman–Crippen LogP) is 2.94. The van der Waals surface area contributed by atoms with E-state index in [9.17, 15) is 4.79 Å². The molecule has 134 valence electrons. The van der Waals surface area contributed by atoms with Gasteiger partial charge < -0.3 is 14.8 Å². The number of methoxy groups -OCH3 is 2. The second kappa shape index (κ2) is 8.92. The number of nitrogens with zero attached hydrogens (tertiary/aromatic N) is 1.